The van der Waals surface area contributed by atoms with Gasteiger partial charge in [-0.1, -0.05) is 18.2 Å². The van der Waals surface area contributed by atoms with Gasteiger partial charge in [0.25, 0.3) is 11.8 Å². The summed E-state index contributed by atoms with van der Waals surface area (Å²) in [6.45, 7) is 1.26. The lowest BCUT2D eigenvalue weighted by Crippen LogP contribution is -2.46. The minimum absolute atomic E-state index is 0.0125. The van der Waals surface area contributed by atoms with Gasteiger partial charge in [0.1, 0.15) is 6.26 Å². The van der Waals surface area contributed by atoms with E-state index in [1.807, 2.05) is 29.2 Å². The molecule has 2 aromatic heterocycles. The SMILES string of the molecule is O=C(NC1CCN(C(=O)c2ccoc2)CC1)c1c2c(nc3ccccc13)CCC2. The van der Waals surface area contributed by atoms with E-state index in [2.05, 4.69) is 5.32 Å². The number of piperidine rings is 1. The summed E-state index contributed by atoms with van der Waals surface area (Å²) < 4.78 is 5.01. The molecule has 0 radical (unpaired) electrons. The maximum atomic E-state index is 13.3. The lowest BCUT2D eigenvalue weighted by atomic mass is 9.98. The van der Waals surface area contributed by atoms with E-state index in [-0.39, 0.29) is 17.9 Å². The first kappa shape index (κ1) is 17.9. The molecule has 0 unspecified atom stereocenters. The Morgan fingerprint density at radius 1 is 1.10 bits per heavy atom. The van der Waals surface area contributed by atoms with Gasteiger partial charge in [-0.15, -0.1) is 0 Å². The van der Waals surface area contributed by atoms with Crippen LogP contribution in [0, 0.1) is 0 Å². The Kier molecular flexibility index (Phi) is 4.54. The van der Waals surface area contributed by atoms with Gasteiger partial charge in [0.2, 0.25) is 0 Å². The summed E-state index contributed by atoms with van der Waals surface area (Å²) in [5.41, 5.74) is 4.42. The Hall–Kier alpha value is -3.15. The van der Waals surface area contributed by atoms with Gasteiger partial charge < -0.3 is 14.6 Å². The number of nitrogens with zero attached hydrogens (tertiary/aromatic N) is 2. The van der Waals surface area contributed by atoms with E-state index in [9.17, 15) is 9.59 Å². The van der Waals surface area contributed by atoms with Gasteiger partial charge in [-0.2, -0.15) is 0 Å². The van der Waals surface area contributed by atoms with E-state index in [4.69, 9.17) is 9.40 Å². The molecule has 0 bridgehead atoms. The number of aromatic nitrogens is 1. The Morgan fingerprint density at radius 3 is 2.72 bits per heavy atom. The van der Waals surface area contributed by atoms with Gasteiger partial charge in [-0.3, -0.25) is 14.6 Å². The summed E-state index contributed by atoms with van der Waals surface area (Å²) in [7, 11) is 0. The van der Waals surface area contributed by atoms with Crippen molar-refractivity contribution in [2.75, 3.05) is 13.1 Å². The van der Waals surface area contributed by atoms with Crippen molar-refractivity contribution in [3.8, 4) is 0 Å². The van der Waals surface area contributed by atoms with Crippen LogP contribution in [0.2, 0.25) is 0 Å². The smallest absolute Gasteiger partial charge is 0.257 e. The Labute approximate surface area is 168 Å². The molecule has 1 aliphatic heterocycles. The first-order valence-corrected chi connectivity index (χ1v) is 10.2. The first-order chi connectivity index (χ1) is 14.2. The molecule has 0 saturated carbocycles. The second-order valence-electron chi connectivity index (χ2n) is 7.83. The first-order valence-electron chi connectivity index (χ1n) is 10.2. The van der Waals surface area contributed by atoms with Crippen LogP contribution in [0.3, 0.4) is 0 Å². The summed E-state index contributed by atoms with van der Waals surface area (Å²) in [6.07, 6.45) is 7.39. The number of aryl methyl sites for hydroxylation is 1. The number of likely N-dealkylation sites (tertiary alicyclic amines) is 1. The van der Waals surface area contributed by atoms with Crippen molar-refractivity contribution < 1.29 is 14.0 Å². The van der Waals surface area contributed by atoms with Crippen LogP contribution in [-0.4, -0.2) is 40.8 Å². The predicted octanol–water partition coefficient (Wildman–Crippen LogP) is 3.35. The lowest BCUT2D eigenvalue weighted by Gasteiger charge is -2.32. The third-order valence-electron chi connectivity index (χ3n) is 6.03. The Balaban J connectivity index is 1.32. The fraction of sp³-hybridized carbons (Fsp3) is 0.348. The number of fused-ring (bicyclic) bond motifs is 2. The number of carbonyl (C=O) groups is 2. The second kappa shape index (κ2) is 7.35. The van der Waals surface area contributed by atoms with Crippen molar-refractivity contribution in [3.63, 3.8) is 0 Å². The van der Waals surface area contributed by atoms with Gasteiger partial charge in [0.15, 0.2) is 0 Å². The molecule has 3 heterocycles. The van der Waals surface area contributed by atoms with Crippen LogP contribution in [0.25, 0.3) is 10.9 Å². The molecule has 2 aliphatic rings. The van der Waals surface area contributed by atoms with Gasteiger partial charge in [0.05, 0.1) is 22.9 Å². The van der Waals surface area contributed by atoms with Crippen LogP contribution in [0.5, 0.6) is 0 Å². The number of furan rings is 1. The predicted molar refractivity (Wildman–Crippen MR) is 109 cm³/mol. The molecule has 1 fully saturated rings. The number of hydrogen-bond acceptors (Lipinski definition) is 4. The fourth-order valence-electron chi connectivity index (χ4n) is 4.52. The van der Waals surface area contributed by atoms with E-state index in [0.29, 0.717) is 18.7 Å². The van der Waals surface area contributed by atoms with Crippen molar-refractivity contribution in [2.24, 2.45) is 0 Å². The zero-order valence-corrected chi connectivity index (χ0v) is 16.2. The zero-order chi connectivity index (χ0) is 19.8. The molecule has 0 atom stereocenters. The van der Waals surface area contributed by atoms with E-state index in [1.54, 1.807) is 6.07 Å². The van der Waals surface area contributed by atoms with Gasteiger partial charge in [-0.05, 0) is 49.8 Å². The molecule has 6 nitrogen and oxygen atoms in total. The Morgan fingerprint density at radius 2 is 1.93 bits per heavy atom. The monoisotopic (exact) mass is 389 g/mol. The molecule has 2 amide bonds. The van der Waals surface area contributed by atoms with E-state index in [0.717, 1.165) is 59.8 Å². The number of nitrogens with one attached hydrogen (secondary N) is 1. The largest absolute Gasteiger partial charge is 0.472 e. The molecular formula is C23H23N3O3. The summed E-state index contributed by atoms with van der Waals surface area (Å²) in [5.74, 6) is -0.0252. The molecule has 3 aromatic rings. The highest BCUT2D eigenvalue weighted by atomic mass is 16.3. The van der Waals surface area contributed by atoms with Crippen molar-refractivity contribution in [2.45, 2.75) is 38.1 Å². The minimum Gasteiger partial charge on any atom is -0.472 e. The maximum absolute atomic E-state index is 13.3. The van der Waals surface area contributed by atoms with Crippen molar-refractivity contribution in [3.05, 3.63) is 65.2 Å². The molecule has 1 aliphatic carbocycles. The van der Waals surface area contributed by atoms with Gasteiger partial charge >= 0.3 is 0 Å². The average Bonchev–Trinajstić information content (AvgIpc) is 3.44. The highest BCUT2D eigenvalue weighted by molar-refractivity contribution is 6.08. The molecule has 1 N–H and O–H groups in total. The van der Waals surface area contributed by atoms with Crippen molar-refractivity contribution in [1.82, 2.24) is 15.2 Å². The number of hydrogen-bond donors (Lipinski definition) is 1. The molecule has 6 heteroatoms. The van der Waals surface area contributed by atoms with Crippen LogP contribution in [0.4, 0.5) is 0 Å². The summed E-state index contributed by atoms with van der Waals surface area (Å²) in [5, 5.41) is 4.16. The summed E-state index contributed by atoms with van der Waals surface area (Å²) in [4.78, 5) is 32.3. The van der Waals surface area contributed by atoms with Crippen molar-refractivity contribution in [1.29, 1.82) is 0 Å². The lowest BCUT2D eigenvalue weighted by molar-refractivity contribution is 0.0697. The van der Waals surface area contributed by atoms with Crippen molar-refractivity contribution >= 4 is 22.7 Å². The van der Waals surface area contributed by atoms with Crippen LogP contribution >= 0.6 is 0 Å². The normalized spacial score (nSPS) is 16.8. The van der Waals surface area contributed by atoms with Gasteiger partial charge in [-0.25, -0.2) is 0 Å². The highest BCUT2D eigenvalue weighted by Gasteiger charge is 2.28. The van der Waals surface area contributed by atoms with E-state index >= 15 is 0 Å². The number of para-hydroxylation sites is 1. The van der Waals surface area contributed by atoms with Crippen LogP contribution in [0.15, 0.2) is 47.3 Å². The van der Waals surface area contributed by atoms with Crippen LogP contribution in [-0.2, 0) is 12.8 Å². The number of pyridine rings is 1. The third kappa shape index (κ3) is 3.28. The van der Waals surface area contributed by atoms with Gasteiger partial charge in [0, 0.05) is 30.2 Å². The average molecular weight is 389 g/mol. The zero-order valence-electron chi connectivity index (χ0n) is 16.2. The van der Waals surface area contributed by atoms with Crippen LogP contribution < -0.4 is 5.32 Å². The summed E-state index contributed by atoms with van der Waals surface area (Å²) >= 11 is 0. The Bertz CT molecular complexity index is 1070. The fourth-order valence-corrected chi connectivity index (χ4v) is 4.52. The molecule has 1 saturated heterocycles. The number of carbonyl (C=O) groups excluding carboxylic acids is 2. The van der Waals surface area contributed by atoms with E-state index < -0.39 is 0 Å². The summed E-state index contributed by atoms with van der Waals surface area (Å²) in [6, 6.07) is 9.64. The molecular weight excluding hydrogens is 366 g/mol. The highest BCUT2D eigenvalue weighted by Crippen LogP contribution is 2.30. The minimum atomic E-state index is -0.0126. The molecule has 5 rings (SSSR count). The number of amides is 2. The third-order valence-corrected chi connectivity index (χ3v) is 6.03. The number of benzene rings is 1. The molecule has 148 valence electrons. The maximum Gasteiger partial charge on any atom is 0.257 e. The quantitative estimate of drug-likeness (QED) is 0.745. The standard InChI is InChI=1S/C23H23N3O3/c27-22(21-17-4-1-2-6-19(17)25-20-7-3-5-18(20)21)24-16-8-11-26(12-9-16)23(28)15-10-13-29-14-15/h1-2,4,6,10,13-14,16H,3,5,7-9,11-12H2,(H,24,27). The van der Waals surface area contributed by atoms with E-state index in [1.165, 1.54) is 12.5 Å². The molecule has 29 heavy (non-hydrogen) atoms. The second-order valence-corrected chi connectivity index (χ2v) is 7.83. The van der Waals surface area contributed by atoms with Crippen LogP contribution in [0.1, 0.15) is 51.2 Å². The topological polar surface area (TPSA) is 75.4 Å². The number of rotatable bonds is 3. The molecule has 1 aromatic carbocycles. The molecule has 0 spiro atoms.